The van der Waals surface area contributed by atoms with Crippen molar-refractivity contribution in [3.8, 4) is 5.75 Å². The second-order valence-corrected chi connectivity index (χ2v) is 10.4. The summed E-state index contributed by atoms with van der Waals surface area (Å²) in [5.74, 6) is -0.231. The second-order valence-electron chi connectivity index (χ2n) is 8.52. The van der Waals surface area contributed by atoms with Crippen molar-refractivity contribution in [2.45, 2.75) is 56.6 Å². The maximum Gasteiger partial charge on any atom is 0.265 e. The SMILES string of the molecule is Cc1cc2c(cc1S(=O)(=O)N1CCC[C@@H]1C(=O)NCCCc1ccccc1)O[C@@H](C)C(=O)N2. The van der Waals surface area contributed by atoms with Gasteiger partial charge in [-0.15, -0.1) is 0 Å². The molecular formula is C24H29N3O5S. The van der Waals surface area contributed by atoms with Crippen molar-refractivity contribution in [1.82, 2.24) is 9.62 Å². The van der Waals surface area contributed by atoms with E-state index in [1.807, 2.05) is 30.3 Å². The number of hydrogen-bond acceptors (Lipinski definition) is 5. The molecule has 0 radical (unpaired) electrons. The molecule has 2 aliphatic rings. The molecule has 176 valence electrons. The molecule has 1 fully saturated rings. The highest BCUT2D eigenvalue weighted by molar-refractivity contribution is 7.89. The first kappa shape index (κ1) is 23.3. The van der Waals surface area contributed by atoms with Crippen molar-refractivity contribution in [2.75, 3.05) is 18.4 Å². The van der Waals surface area contributed by atoms with Crippen LogP contribution in [-0.4, -0.2) is 49.8 Å². The average molecular weight is 472 g/mol. The third kappa shape index (κ3) is 4.89. The molecular weight excluding hydrogens is 442 g/mol. The molecule has 1 saturated heterocycles. The lowest BCUT2D eigenvalue weighted by molar-refractivity contribution is -0.124. The molecule has 0 aliphatic carbocycles. The monoisotopic (exact) mass is 471 g/mol. The molecule has 0 saturated carbocycles. The van der Waals surface area contributed by atoms with Crippen LogP contribution in [-0.2, 0) is 26.0 Å². The Hall–Kier alpha value is -2.91. The highest BCUT2D eigenvalue weighted by Gasteiger charge is 2.40. The van der Waals surface area contributed by atoms with Crippen molar-refractivity contribution in [1.29, 1.82) is 0 Å². The molecule has 8 nitrogen and oxygen atoms in total. The maximum atomic E-state index is 13.5. The predicted molar refractivity (Wildman–Crippen MR) is 125 cm³/mol. The van der Waals surface area contributed by atoms with Gasteiger partial charge in [-0.25, -0.2) is 8.42 Å². The minimum absolute atomic E-state index is 0.0911. The number of aryl methyl sites for hydroxylation is 2. The summed E-state index contributed by atoms with van der Waals surface area (Å²) in [6.07, 6.45) is 2.01. The zero-order valence-electron chi connectivity index (χ0n) is 18.8. The van der Waals surface area contributed by atoms with Crippen LogP contribution in [0.15, 0.2) is 47.4 Å². The van der Waals surface area contributed by atoms with E-state index in [-0.39, 0.29) is 23.3 Å². The summed E-state index contributed by atoms with van der Waals surface area (Å²) < 4.78 is 33.9. The fourth-order valence-corrected chi connectivity index (χ4v) is 6.18. The van der Waals surface area contributed by atoms with Gasteiger partial charge in [-0.1, -0.05) is 30.3 Å². The summed E-state index contributed by atoms with van der Waals surface area (Å²) in [6.45, 7) is 4.05. The Balaban J connectivity index is 1.45. The smallest absolute Gasteiger partial charge is 0.265 e. The summed E-state index contributed by atoms with van der Waals surface area (Å²) in [5, 5.41) is 5.64. The van der Waals surface area contributed by atoms with Crippen LogP contribution in [0.2, 0.25) is 0 Å². The molecule has 4 rings (SSSR count). The van der Waals surface area contributed by atoms with E-state index in [1.54, 1.807) is 19.9 Å². The number of fused-ring (bicyclic) bond motifs is 1. The highest BCUT2D eigenvalue weighted by atomic mass is 32.2. The molecule has 0 aromatic heterocycles. The Bertz CT molecular complexity index is 1150. The van der Waals surface area contributed by atoms with E-state index in [0.29, 0.717) is 36.4 Å². The van der Waals surface area contributed by atoms with Crippen LogP contribution < -0.4 is 15.4 Å². The van der Waals surface area contributed by atoms with E-state index in [2.05, 4.69) is 10.6 Å². The van der Waals surface area contributed by atoms with Gasteiger partial charge in [0.25, 0.3) is 5.91 Å². The van der Waals surface area contributed by atoms with Crippen molar-refractivity contribution >= 4 is 27.5 Å². The van der Waals surface area contributed by atoms with E-state index >= 15 is 0 Å². The standard InChI is InChI=1S/C24H29N3O5S/c1-16-14-19-21(32-17(2)23(28)26-19)15-22(16)33(30,31)27-13-7-11-20(27)24(29)25-12-6-10-18-8-4-3-5-9-18/h3-5,8-9,14-15,17,20H,6-7,10-13H2,1-2H3,(H,25,29)(H,26,28)/t17-,20+/m0/s1. The van der Waals surface area contributed by atoms with Crippen LogP contribution in [0.5, 0.6) is 5.75 Å². The van der Waals surface area contributed by atoms with Crippen molar-refractivity contribution in [3.63, 3.8) is 0 Å². The van der Waals surface area contributed by atoms with E-state index in [9.17, 15) is 18.0 Å². The Labute approximate surface area is 194 Å². The summed E-state index contributed by atoms with van der Waals surface area (Å²) in [4.78, 5) is 24.8. The summed E-state index contributed by atoms with van der Waals surface area (Å²) in [5.41, 5.74) is 2.14. The summed E-state index contributed by atoms with van der Waals surface area (Å²) in [6, 6.07) is 12.3. The number of carbonyl (C=O) groups excluding carboxylic acids is 2. The van der Waals surface area contributed by atoms with E-state index in [4.69, 9.17) is 4.74 Å². The normalized spacial score (nSPS) is 20.6. The third-order valence-electron chi connectivity index (χ3n) is 6.09. The van der Waals surface area contributed by atoms with Gasteiger partial charge in [0.15, 0.2) is 6.10 Å². The molecule has 2 aromatic rings. The zero-order chi connectivity index (χ0) is 23.6. The average Bonchev–Trinajstić information content (AvgIpc) is 3.29. The number of nitrogens with one attached hydrogen (secondary N) is 2. The quantitative estimate of drug-likeness (QED) is 0.604. The summed E-state index contributed by atoms with van der Waals surface area (Å²) in [7, 11) is -3.92. The molecule has 0 bridgehead atoms. The Morgan fingerprint density at radius 3 is 2.76 bits per heavy atom. The lowest BCUT2D eigenvalue weighted by Gasteiger charge is -2.27. The number of ether oxygens (including phenoxy) is 1. The number of rotatable bonds is 7. The van der Waals surface area contributed by atoms with Crippen LogP contribution in [0.25, 0.3) is 0 Å². The zero-order valence-corrected chi connectivity index (χ0v) is 19.7. The Morgan fingerprint density at radius 2 is 2.00 bits per heavy atom. The van der Waals surface area contributed by atoms with Gasteiger partial charge in [-0.3, -0.25) is 9.59 Å². The van der Waals surface area contributed by atoms with Crippen LogP contribution in [0, 0.1) is 6.92 Å². The van der Waals surface area contributed by atoms with Gasteiger partial charge in [-0.05, 0) is 56.7 Å². The molecule has 9 heteroatoms. The lowest BCUT2D eigenvalue weighted by atomic mass is 10.1. The Morgan fingerprint density at radius 1 is 1.24 bits per heavy atom. The van der Waals surface area contributed by atoms with Crippen LogP contribution in [0.4, 0.5) is 5.69 Å². The largest absolute Gasteiger partial charge is 0.479 e. The first-order valence-electron chi connectivity index (χ1n) is 11.2. The molecule has 2 aliphatic heterocycles. The number of sulfonamides is 1. The van der Waals surface area contributed by atoms with E-state index < -0.39 is 22.2 Å². The topological polar surface area (TPSA) is 105 Å². The number of anilines is 1. The maximum absolute atomic E-state index is 13.5. The number of amides is 2. The molecule has 2 atom stereocenters. The molecule has 33 heavy (non-hydrogen) atoms. The van der Waals surface area contributed by atoms with Crippen LogP contribution in [0.1, 0.15) is 37.3 Å². The molecule has 0 spiro atoms. The van der Waals surface area contributed by atoms with Crippen LogP contribution >= 0.6 is 0 Å². The fourth-order valence-electron chi connectivity index (χ4n) is 4.30. The van der Waals surface area contributed by atoms with Gasteiger partial charge in [0.2, 0.25) is 15.9 Å². The molecule has 2 aromatic carbocycles. The van der Waals surface area contributed by atoms with Gasteiger partial charge in [0, 0.05) is 19.2 Å². The van der Waals surface area contributed by atoms with Crippen LogP contribution in [0.3, 0.4) is 0 Å². The van der Waals surface area contributed by atoms with E-state index in [1.165, 1.54) is 15.9 Å². The predicted octanol–water partition coefficient (Wildman–Crippen LogP) is 2.62. The molecule has 0 unspecified atom stereocenters. The van der Waals surface area contributed by atoms with Gasteiger partial charge in [0.05, 0.1) is 10.6 Å². The minimum Gasteiger partial charge on any atom is -0.479 e. The Kier molecular flexibility index (Phi) is 6.71. The number of benzene rings is 2. The fraction of sp³-hybridized carbons (Fsp3) is 0.417. The van der Waals surface area contributed by atoms with Gasteiger partial charge >= 0.3 is 0 Å². The third-order valence-corrected chi connectivity index (χ3v) is 8.14. The second kappa shape index (κ2) is 9.52. The molecule has 2 heterocycles. The van der Waals surface area contributed by atoms with E-state index in [0.717, 1.165) is 12.8 Å². The first-order valence-corrected chi connectivity index (χ1v) is 12.7. The number of hydrogen-bond donors (Lipinski definition) is 2. The number of nitrogens with zero attached hydrogens (tertiary/aromatic N) is 1. The number of carbonyl (C=O) groups is 2. The van der Waals surface area contributed by atoms with Gasteiger partial charge in [-0.2, -0.15) is 4.31 Å². The first-order chi connectivity index (χ1) is 15.8. The lowest BCUT2D eigenvalue weighted by Crippen LogP contribution is -2.46. The highest BCUT2D eigenvalue weighted by Crippen LogP contribution is 2.36. The minimum atomic E-state index is -3.92. The molecule has 2 amide bonds. The summed E-state index contributed by atoms with van der Waals surface area (Å²) >= 11 is 0. The van der Waals surface area contributed by atoms with Crippen molar-refractivity contribution in [2.24, 2.45) is 0 Å². The van der Waals surface area contributed by atoms with Crippen molar-refractivity contribution < 1.29 is 22.7 Å². The van der Waals surface area contributed by atoms with Gasteiger partial charge in [0.1, 0.15) is 11.8 Å². The van der Waals surface area contributed by atoms with Gasteiger partial charge < -0.3 is 15.4 Å². The molecule has 2 N–H and O–H groups in total. The van der Waals surface area contributed by atoms with Crippen molar-refractivity contribution in [3.05, 3.63) is 53.6 Å².